The maximum absolute atomic E-state index is 9.67. The van der Waals surface area contributed by atoms with Crippen molar-refractivity contribution in [1.82, 2.24) is 0 Å². The first kappa shape index (κ1) is 22.5. The summed E-state index contributed by atoms with van der Waals surface area (Å²) >= 11 is 3.33. The average molecular weight is 295 g/mol. The van der Waals surface area contributed by atoms with Gasteiger partial charge < -0.3 is 0 Å². The standard InChI is InChI=1S/2CHF3.Ag.HNS/c2*2-1(3)4;;1-2/h2*1H;;1H. The minimum atomic E-state index is -3.67. The topological polar surface area (TPSA) is 23.9 Å². The minimum Gasteiger partial charge on any atom is -0.235 e. The third-order valence-electron chi connectivity index (χ3n) is 0. The number of nitrogens with one attached hydrogen (secondary N) is 1. The molecule has 11 heavy (non-hydrogen) atoms. The SMILES string of the molecule is FC(F)F.FC(F)F.N=S.[Ag]. The predicted octanol–water partition coefficient (Wildman–Crippen LogP) is 2.65. The van der Waals surface area contributed by atoms with Gasteiger partial charge in [-0.05, 0) is 0 Å². The quantitative estimate of drug-likeness (QED) is 0.539. The molecule has 0 aliphatic heterocycles. The second-order valence-corrected chi connectivity index (χ2v) is 0.495. The van der Waals surface area contributed by atoms with Gasteiger partial charge >= 0.3 is 13.4 Å². The molecule has 0 rings (SSSR count). The van der Waals surface area contributed by atoms with E-state index in [2.05, 4.69) is 12.4 Å². The van der Waals surface area contributed by atoms with Gasteiger partial charge in [-0.2, -0.15) is 26.3 Å². The Labute approximate surface area is 79.6 Å². The Hall–Kier alpha value is 0.340. The monoisotopic (exact) mass is 294 g/mol. The predicted molar refractivity (Wildman–Crippen MR) is 24.3 cm³/mol. The third kappa shape index (κ3) is 6210. The molecule has 0 aliphatic carbocycles. The largest absolute Gasteiger partial charge is 0.379 e. The molecular formula is C2H3AgF6NS. The molecule has 1 nitrogen and oxygen atoms in total. The van der Waals surface area contributed by atoms with Crippen LogP contribution in [0.5, 0.6) is 0 Å². The summed E-state index contributed by atoms with van der Waals surface area (Å²) in [5, 5.41) is 0. The Bertz CT molecular complexity index is 44.3. The number of rotatable bonds is 0. The molecule has 0 heterocycles. The number of halogens is 6. The minimum absolute atomic E-state index is 0. The zero-order valence-corrected chi connectivity index (χ0v) is 6.93. The van der Waals surface area contributed by atoms with E-state index in [1.54, 1.807) is 0 Å². The van der Waals surface area contributed by atoms with E-state index >= 15 is 0 Å². The molecule has 0 aromatic rings. The molecule has 75 valence electrons. The third-order valence-corrected chi connectivity index (χ3v) is 0. The molecule has 1 N–H and O–H groups in total. The van der Waals surface area contributed by atoms with Crippen LogP contribution in [0.15, 0.2) is 0 Å². The Balaban J connectivity index is -0.0000000339. The summed E-state index contributed by atoms with van der Waals surface area (Å²) in [5.41, 5.74) is 0. The first-order valence-corrected chi connectivity index (χ1v) is 1.92. The zero-order chi connectivity index (χ0) is 9.15. The first-order valence-electron chi connectivity index (χ1n) is 1.51. The van der Waals surface area contributed by atoms with Gasteiger partial charge in [0, 0.05) is 34.8 Å². The van der Waals surface area contributed by atoms with Crippen molar-refractivity contribution < 1.29 is 48.7 Å². The summed E-state index contributed by atoms with van der Waals surface area (Å²) in [6.45, 7) is -7.33. The van der Waals surface area contributed by atoms with Gasteiger partial charge in [0.2, 0.25) is 0 Å². The van der Waals surface area contributed by atoms with E-state index in [1.807, 2.05) is 0 Å². The summed E-state index contributed by atoms with van der Waals surface area (Å²) in [7, 11) is 0. The van der Waals surface area contributed by atoms with Crippen LogP contribution in [-0.2, 0) is 34.8 Å². The van der Waals surface area contributed by atoms with E-state index in [9.17, 15) is 26.3 Å². The van der Waals surface area contributed by atoms with Crippen molar-refractivity contribution in [2.45, 2.75) is 13.4 Å². The van der Waals surface area contributed by atoms with Crippen molar-refractivity contribution in [1.29, 1.82) is 4.78 Å². The fraction of sp³-hybridized carbons (Fsp3) is 1.00. The Kier molecular flexibility index (Phi) is 45.9. The Morgan fingerprint density at radius 3 is 0.727 bits per heavy atom. The molecule has 0 bridgehead atoms. The van der Waals surface area contributed by atoms with E-state index < -0.39 is 13.4 Å². The van der Waals surface area contributed by atoms with Gasteiger partial charge in [0.1, 0.15) is 0 Å². The molecule has 0 amide bonds. The van der Waals surface area contributed by atoms with Crippen LogP contribution in [-0.4, -0.2) is 13.4 Å². The second-order valence-electron chi connectivity index (χ2n) is 0.495. The van der Waals surface area contributed by atoms with E-state index in [4.69, 9.17) is 4.78 Å². The molecule has 0 saturated heterocycles. The summed E-state index contributed by atoms with van der Waals surface area (Å²) in [4.78, 5) is 0. The molecule has 0 aromatic carbocycles. The van der Waals surface area contributed by atoms with Crippen LogP contribution in [0.2, 0.25) is 0 Å². The Morgan fingerprint density at radius 1 is 0.727 bits per heavy atom. The fourth-order valence-electron chi connectivity index (χ4n) is 0. The molecule has 0 spiro atoms. The molecule has 1 radical (unpaired) electrons. The van der Waals surface area contributed by atoms with Crippen LogP contribution in [0.1, 0.15) is 0 Å². The van der Waals surface area contributed by atoms with Crippen LogP contribution in [0.25, 0.3) is 0 Å². The van der Waals surface area contributed by atoms with E-state index in [0.717, 1.165) is 0 Å². The first-order chi connectivity index (χ1) is 4.46. The van der Waals surface area contributed by atoms with Gasteiger partial charge in [0.05, 0.1) is 0 Å². The molecule has 0 saturated carbocycles. The number of alkyl halides is 6. The molecule has 0 fully saturated rings. The molecular weight excluding hydrogens is 292 g/mol. The summed E-state index contributed by atoms with van der Waals surface area (Å²) in [6, 6.07) is 0. The van der Waals surface area contributed by atoms with Crippen molar-refractivity contribution in [3.63, 3.8) is 0 Å². The van der Waals surface area contributed by atoms with Gasteiger partial charge in [-0.1, -0.05) is 0 Å². The van der Waals surface area contributed by atoms with Crippen molar-refractivity contribution >= 4 is 12.4 Å². The maximum atomic E-state index is 9.67. The summed E-state index contributed by atoms with van der Waals surface area (Å²) < 4.78 is 63.3. The zero-order valence-electron chi connectivity index (χ0n) is 4.63. The molecule has 0 aliphatic rings. The number of hydrogen-bond acceptors (Lipinski definition) is 2. The molecule has 0 aromatic heterocycles. The molecule has 9 heteroatoms. The van der Waals surface area contributed by atoms with Gasteiger partial charge in [0.25, 0.3) is 0 Å². The van der Waals surface area contributed by atoms with Crippen molar-refractivity contribution in [2.24, 2.45) is 0 Å². The number of hydrogen-bond donors (Lipinski definition) is 1. The van der Waals surface area contributed by atoms with Crippen LogP contribution >= 0.6 is 0 Å². The molecule has 0 unspecified atom stereocenters. The summed E-state index contributed by atoms with van der Waals surface area (Å²) in [6.07, 6.45) is 0. The van der Waals surface area contributed by atoms with E-state index in [1.165, 1.54) is 0 Å². The maximum Gasteiger partial charge on any atom is 0.379 e. The van der Waals surface area contributed by atoms with Crippen LogP contribution in [0.4, 0.5) is 26.3 Å². The van der Waals surface area contributed by atoms with Crippen LogP contribution in [0, 0.1) is 4.78 Å². The van der Waals surface area contributed by atoms with Gasteiger partial charge in [0.15, 0.2) is 0 Å². The van der Waals surface area contributed by atoms with Crippen molar-refractivity contribution in [2.75, 3.05) is 0 Å². The van der Waals surface area contributed by atoms with Crippen molar-refractivity contribution in [3.05, 3.63) is 0 Å². The smallest absolute Gasteiger partial charge is 0.235 e. The van der Waals surface area contributed by atoms with Crippen LogP contribution < -0.4 is 0 Å². The van der Waals surface area contributed by atoms with E-state index in [-0.39, 0.29) is 22.4 Å². The van der Waals surface area contributed by atoms with Gasteiger partial charge in [-0.25, -0.2) is 4.78 Å². The van der Waals surface area contributed by atoms with Gasteiger partial charge in [-0.15, -0.1) is 0 Å². The van der Waals surface area contributed by atoms with Crippen molar-refractivity contribution in [3.8, 4) is 0 Å². The molecule has 0 atom stereocenters. The average Bonchev–Trinajstić information content (AvgIpc) is 1.66. The second kappa shape index (κ2) is 22.4. The fourth-order valence-corrected chi connectivity index (χ4v) is 0. The van der Waals surface area contributed by atoms with E-state index in [0.29, 0.717) is 0 Å². The normalized spacial score (nSPS) is 6.91. The van der Waals surface area contributed by atoms with Crippen LogP contribution in [0.3, 0.4) is 0 Å². The Morgan fingerprint density at radius 2 is 0.727 bits per heavy atom. The van der Waals surface area contributed by atoms with Gasteiger partial charge in [-0.3, -0.25) is 0 Å². The summed E-state index contributed by atoms with van der Waals surface area (Å²) in [5.74, 6) is 0.